The van der Waals surface area contributed by atoms with Gasteiger partial charge < -0.3 is 9.88 Å². The molecular formula is C11H20N4O2S. The van der Waals surface area contributed by atoms with E-state index < -0.39 is 10.0 Å². The molecule has 102 valence electrons. The van der Waals surface area contributed by atoms with Crippen molar-refractivity contribution in [1.29, 1.82) is 0 Å². The Labute approximate surface area is 108 Å². The quantitative estimate of drug-likeness (QED) is 0.801. The summed E-state index contributed by atoms with van der Waals surface area (Å²) in [6.07, 6.45) is 3.98. The maximum absolute atomic E-state index is 12.1. The zero-order chi connectivity index (χ0) is 13.2. The minimum Gasteiger partial charge on any atom is -0.336 e. The first kappa shape index (κ1) is 13.5. The highest BCUT2D eigenvalue weighted by molar-refractivity contribution is 7.89. The second-order valence-electron chi connectivity index (χ2n) is 5.11. The van der Waals surface area contributed by atoms with Gasteiger partial charge in [0.1, 0.15) is 0 Å². The van der Waals surface area contributed by atoms with Gasteiger partial charge in [0, 0.05) is 25.3 Å². The molecule has 6 nitrogen and oxygen atoms in total. The number of rotatable bonds is 5. The molecular weight excluding hydrogens is 252 g/mol. The molecule has 0 amide bonds. The molecule has 1 aromatic heterocycles. The van der Waals surface area contributed by atoms with Gasteiger partial charge in [-0.15, -0.1) is 0 Å². The van der Waals surface area contributed by atoms with E-state index in [0.29, 0.717) is 12.5 Å². The minimum atomic E-state index is -3.48. The second-order valence-corrected chi connectivity index (χ2v) is 6.77. The van der Waals surface area contributed by atoms with Gasteiger partial charge >= 0.3 is 0 Å². The third-order valence-electron chi connectivity index (χ3n) is 2.84. The van der Waals surface area contributed by atoms with E-state index >= 15 is 0 Å². The lowest BCUT2D eigenvalue weighted by atomic mass is 10.2. The molecule has 1 fully saturated rings. The molecule has 0 saturated carbocycles. The summed E-state index contributed by atoms with van der Waals surface area (Å²) in [6.45, 7) is 6.47. The van der Waals surface area contributed by atoms with E-state index in [1.165, 1.54) is 0 Å². The fourth-order valence-corrected chi connectivity index (χ4v) is 3.26. The van der Waals surface area contributed by atoms with Crippen molar-refractivity contribution in [2.75, 3.05) is 13.1 Å². The van der Waals surface area contributed by atoms with Crippen molar-refractivity contribution >= 4 is 10.0 Å². The molecule has 1 unspecified atom stereocenters. The summed E-state index contributed by atoms with van der Waals surface area (Å²) >= 11 is 0. The van der Waals surface area contributed by atoms with Gasteiger partial charge in [-0.1, -0.05) is 13.8 Å². The fourth-order valence-electron chi connectivity index (χ4n) is 2.03. The van der Waals surface area contributed by atoms with Gasteiger partial charge in [0.25, 0.3) is 10.0 Å². The first-order valence-corrected chi connectivity index (χ1v) is 7.70. The standard InChI is InChI=1S/C11H20N4O2S/c1-9(2)6-15-7-11(13-8-15)18(16,17)14-10-3-4-12-5-10/h7-10,12,14H,3-6H2,1-2H3. The maximum atomic E-state index is 12.1. The third-order valence-corrected chi connectivity index (χ3v) is 4.25. The Kier molecular flexibility index (Phi) is 4.04. The van der Waals surface area contributed by atoms with E-state index in [2.05, 4.69) is 28.9 Å². The van der Waals surface area contributed by atoms with E-state index in [9.17, 15) is 8.42 Å². The smallest absolute Gasteiger partial charge is 0.259 e. The molecule has 2 N–H and O–H groups in total. The van der Waals surface area contributed by atoms with Crippen molar-refractivity contribution in [3.05, 3.63) is 12.5 Å². The van der Waals surface area contributed by atoms with E-state index in [0.717, 1.165) is 19.5 Å². The largest absolute Gasteiger partial charge is 0.336 e. The van der Waals surface area contributed by atoms with Gasteiger partial charge in [-0.25, -0.2) is 18.1 Å². The van der Waals surface area contributed by atoms with E-state index in [-0.39, 0.29) is 11.1 Å². The topological polar surface area (TPSA) is 76.0 Å². The van der Waals surface area contributed by atoms with Crippen molar-refractivity contribution in [2.24, 2.45) is 5.92 Å². The summed E-state index contributed by atoms with van der Waals surface area (Å²) in [4.78, 5) is 3.98. The van der Waals surface area contributed by atoms with Crippen molar-refractivity contribution < 1.29 is 8.42 Å². The number of imidazole rings is 1. The molecule has 1 aliphatic heterocycles. The molecule has 0 aliphatic carbocycles. The predicted molar refractivity (Wildman–Crippen MR) is 68.7 cm³/mol. The maximum Gasteiger partial charge on any atom is 0.259 e. The van der Waals surface area contributed by atoms with Crippen LogP contribution in [0.5, 0.6) is 0 Å². The lowest BCUT2D eigenvalue weighted by Crippen LogP contribution is -2.36. The number of sulfonamides is 1. The monoisotopic (exact) mass is 272 g/mol. The summed E-state index contributed by atoms with van der Waals surface area (Å²) in [5, 5.41) is 3.23. The van der Waals surface area contributed by atoms with Crippen molar-refractivity contribution in [3.63, 3.8) is 0 Å². The summed E-state index contributed by atoms with van der Waals surface area (Å²) < 4.78 is 28.6. The van der Waals surface area contributed by atoms with Crippen LogP contribution in [-0.2, 0) is 16.6 Å². The molecule has 2 heterocycles. The third kappa shape index (κ3) is 3.30. The molecule has 0 spiro atoms. The van der Waals surface area contributed by atoms with Gasteiger partial charge in [0.05, 0.1) is 6.33 Å². The number of hydrogen-bond acceptors (Lipinski definition) is 4. The molecule has 1 aliphatic rings. The first-order chi connectivity index (χ1) is 8.47. The molecule has 1 aromatic rings. The van der Waals surface area contributed by atoms with E-state index in [1.54, 1.807) is 12.5 Å². The van der Waals surface area contributed by atoms with Crippen LogP contribution in [0.1, 0.15) is 20.3 Å². The SMILES string of the molecule is CC(C)Cn1cnc(S(=O)(=O)NC2CCNC2)c1. The van der Waals surface area contributed by atoms with Gasteiger partial charge in [-0.3, -0.25) is 0 Å². The van der Waals surface area contributed by atoms with E-state index in [4.69, 9.17) is 0 Å². The van der Waals surface area contributed by atoms with Crippen LogP contribution in [0, 0.1) is 5.92 Å². The van der Waals surface area contributed by atoms with Gasteiger partial charge in [-0.2, -0.15) is 0 Å². The number of nitrogens with one attached hydrogen (secondary N) is 2. The number of nitrogens with zero attached hydrogens (tertiary/aromatic N) is 2. The highest BCUT2D eigenvalue weighted by Gasteiger charge is 2.24. The van der Waals surface area contributed by atoms with Crippen molar-refractivity contribution in [2.45, 2.75) is 37.9 Å². The molecule has 2 rings (SSSR count). The molecule has 1 atom stereocenters. The summed E-state index contributed by atoms with van der Waals surface area (Å²) in [6, 6.07) is -0.0229. The summed E-state index contributed by atoms with van der Waals surface area (Å²) in [5.41, 5.74) is 0. The van der Waals surface area contributed by atoms with Crippen LogP contribution in [-0.4, -0.2) is 37.1 Å². The molecule has 7 heteroatoms. The van der Waals surface area contributed by atoms with Crippen molar-refractivity contribution in [3.8, 4) is 0 Å². The van der Waals surface area contributed by atoms with Crippen LogP contribution in [0.2, 0.25) is 0 Å². The normalized spacial score (nSPS) is 20.7. The van der Waals surface area contributed by atoms with Crippen LogP contribution in [0.25, 0.3) is 0 Å². The Morgan fingerprint density at radius 2 is 2.39 bits per heavy atom. The molecule has 0 bridgehead atoms. The predicted octanol–water partition coefficient (Wildman–Crippen LogP) is 0.179. The van der Waals surface area contributed by atoms with Crippen molar-refractivity contribution in [1.82, 2.24) is 19.6 Å². The van der Waals surface area contributed by atoms with Crippen LogP contribution >= 0.6 is 0 Å². The van der Waals surface area contributed by atoms with Crippen LogP contribution in [0.3, 0.4) is 0 Å². The van der Waals surface area contributed by atoms with Gasteiger partial charge in [0.15, 0.2) is 5.03 Å². The molecule has 18 heavy (non-hydrogen) atoms. The highest BCUT2D eigenvalue weighted by Crippen LogP contribution is 2.09. The molecule has 0 aromatic carbocycles. The van der Waals surface area contributed by atoms with Crippen LogP contribution in [0.4, 0.5) is 0 Å². The highest BCUT2D eigenvalue weighted by atomic mass is 32.2. The lowest BCUT2D eigenvalue weighted by Gasteiger charge is -2.10. The number of hydrogen-bond donors (Lipinski definition) is 2. The fraction of sp³-hybridized carbons (Fsp3) is 0.727. The van der Waals surface area contributed by atoms with E-state index in [1.807, 2.05) is 4.57 Å². The summed E-state index contributed by atoms with van der Waals surface area (Å²) in [5.74, 6) is 0.460. The average molecular weight is 272 g/mol. The summed E-state index contributed by atoms with van der Waals surface area (Å²) in [7, 11) is -3.48. The minimum absolute atomic E-state index is 0.0229. The zero-order valence-electron chi connectivity index (χ0n) is 10.8. The average Bonchev–Trinajstić information content (AvgIpc) is 2.87. The Morgan fingerprint density at radius 3 is 3.00 bits per heavy atom. The Morgan fingerprint density at radius 1 is 1.61 bits per heavy atom. The lowest BCUT2D eigenvalue weighted by molar-refractivity contribution is 0.521. The van der Waals surface area contributed by atoms with Crippen LogP contribution < -0.4 is 10.0 Å². The van der Waals surface area contributed by atoms with Gasteiger partial charge in [-0.05, 0) is 18.9 Å². The van der Waals surface area contributed by atoms with Crippen LogP contribution in [0.15, 0.2) is 17.6 Å². The Hall–Kier alpha value is -0.920. The first-order valence-electron chi connectivity index (χ1n) is 6.22. The van der Waals surface area contributed by atoms with Gasteiger partial charge in [0.2, 0.25) is 0 Å². The molecule has 0 radical (unpaired) electrons. The Balaban J connectivity index is 2.06. The number of aromatic nitrogens is 2. The second kappa shape index (κ2) is 5.38. The molecule has 1 saturated heterocycles. The zero-order valence-corrected chi connectivity index (χ0v) is 11.6. The Bertz CT molecular complexity index is 489.